The van der Waals surface area contributed by atoms with Crippen molar-refractivity contribution in [1.29, 1.82) is 0 Å². The number of sulfone groups is 1. The monoisotopic (exact) mass is 393 g/mol. The van der Waals surface area contributed by atoms with E-state index in [9.17, 15) is 27.9 Å². The number of rotatable bonds is 4. The molecular weight excluding hydrogens is 374 g/mol. The van der Waals surface area contributed by atoms with Crippen molar-refractivity contribution in [2.45, 2.75) is 25.4 Å². The number of amides is 1. The number of nitrogens with zero attached hydrogens (tertiary/aromatic N) is 3. The molecule has 27 heavy (non-hydrogen) atoms. The molecule has 10 heteroatoms. The average Bonchev–Trinajstić information content (AvgIpc) is 3.00. The summed E-state index contributed by atoms with van der Waals surface area (Å²) in [5.41, 5.74) is -0.903. The van der Waals surface area contributed by atoms with Gasteiger partial charge in [-0.25, -0.2) is 17.9 Å². The number of hydrogen-bond acceptors (Lipinski definition) is 6. The van der Waals surface area contributed by atoms with Gasteiger partial charge < -0.3 is 10.0 Å². The standard InChI is InChI=1S/C17H19N3O6S/c1-10(15(21)19(2)11-7-8-27(25,26)9-11)20-16(22)13-6-4-3-5-12(13)14(18-20)17(23)24/h3-6,10-11H,7-9H2,1-2H3,(H,23,24). The van der Waals surface area contributed by atoms with Gasteiger partial charge in [0.2, 0.25) is 5.91 Å². The molecule has 3 rings (SSSR count). The van der Waals surface area contributed by atoms with Crippen molar-refractivity contribution in [2.75, 3.05) is 18.6 Å². The molecule has 2 aromatic rings. The van der Waals surface area contributed by atoms with Gasteiger partial charge in [-0.2, -0.15) is 5.10 Å². The summed E-state index contributed by atoms with van der Waals surface area (Å²) in [5, 5.41) is 13.7. The zero-order chi connectivity index (χ0) is 19.9. The highest BCUT2D eigenvalue weighted by Crippen LogP contribution is 2.20. The fourth-order valence-electron chi connectivity index (χ4n) is 3.29. The van der Waals surface area contributed by atoms with Crippen molar-refractivity contribution in [3.05, 3.63) is 40.3 Å². The minimum Gasteiger partial charge on any atom is -0.476 e. The van der Waals surface area contributed by atoms with Gasteiger partial charge in [-0.3, -0.25) is 9.59 Å². The predicted molar refractivity (Wildman–Crippen MR) is 97.5 cm³/mol. The van der Waals surface area contributed by atoms with E-state index in [1.54, 1.807) is 12.1 Å². The molecule has 0 saturated carbocycles. The molecule has 0 aliphatic carbocycles. The lowest BCUT2D eigenvalue weighted by Gasteiger charge is -2.27. The number of hydrogen-bond donors (Lipinski definition) is 1. The van der Waals surface area contributed by atoms with Crippen LogP contribution in [0, 0.1) is 0 Å². The Morgan fingerprint density at radius 2 is 1.93 bits per heavy atom. The summed E-state index contributed by atoms with van der Waals surface area (Å²) in [6.07, 6.45) is 0.331. The summed E-state index contributed by atoms with van der Waals surface area (Å²) in [7, 11) is -1.69. The Morgan fingerprint density at radius 3 is 2.48 bits per heavy atom. The first-order valence-electron chi connectivity index (χ1n) is 8.34. The summed E-state index contributed by atoms with van der Waals surface area (Å²) in [5.74, 6) is -1.92. The zero-order valence-corrected chi connectivity index (χ0v) is 15.6. The second kappa shape index (κ2) is 6.76. The third kappa shape index (κ3) is 3.44. The third-order valence-corrected chi connectivity index (χ3v) is 6.61. The third-order valence-electron chi connectivity index (χ3n) is 4.86. The second-order valence-electron chi connectivity index (χ2n) is 6.63. The Hall–Kier alpha value is -2.75. The predicted octanol–water partition coefficient (Wildman–Crippen LogP) is 0.301. The molecule has 1 aliphatic heterocycles. The first kappa shape index (κ1) is 19.0. The van der Waals surface area contributed by atoms with E-state index in [2.05, 4.69) is 5.10 Å². The molecule has 0 spiro atoms. The molecule has 2 heterocycles. The minimum atomic E-state index is -3.18. The Morgan fingerprint density at radius 1 is 1.30 bits per heavy atom. The van der Waals surface area contributed by atoms with Crippen LogP contribution in [0.5, 0.6) is 0 Å². The van der Waals surface area contributed by atoms with Crippen LogP contribution in [0.3, 0.4) is 0 Å². The van der Waals surface area contributed by atoms with Gasteiger partial charge in [0.1, 0.15) is 6.04 Å². The number of benzene rings is 1. The molecule has 1 saturated heterocycles. The van der Waals surface area contributed by atoms with Crippen molar-refractivity contribution >= 4 is 32.5 Å². The molecule has 2 unspecified atom stereocenters. The number of fused-ring (bicyclic) bond motifs is 1. The number of carbonyl (C=O) groups excluding carboxylic acids is 1. The van der Waals surface area contributed by atoms with Crippen LogP contribution in [-0.4, -0.2) is 64.7 Å². The minimum absolute atomic E-state index is 0.0149. The first-order chi connectivity index (χ1) is 12.6. The maximum Gasteiger partial charge on any atom is 0.357 e. The fraction of sp³-hybridized carbons (Fsp3) is 0.412. The topological polar surface area (TPSA) is 127 Å². The van der Waals surface area contributed by atoms with E-state index in [0.717, 1.165) is 4.68 Å². The smallest absolute Gasteiger partial charge is 0.357 e. The van der Waals surface area contributed by atoms with E-state index in [0.29, 0.717) is 6.42 Å². The zero-order valence-electron chi connectivity index (χ0n) is 14.8. The first-order valence-corrected chi connectivity index (χ1v) is 10.2. The number of aromatic carboxylic acids is 1. The average molecular weight is 393 g/mol. The summed E-state index contributed by atoms with van der Waals surface area (Å²) in [4.78, 5) is 38.4. The molecule has 1 N–H and O–H groups in total. The highest BCUT2D eigenvalue weighted by molar-refractivity contribution is 7.91. The summed E-state index contributed by atoms with van der Waals surface area (Å²) < 4.78 is 24.2. The molecule has 1 aliphatic rings. The van der Waals surface area contributed by atoms with Crippen LogP contribution in [0.1, 0.15) is 29.9 Å². The molecule has 2 atom stereocenters. The van der Waals surface area contributed by atoms with Crippen LogP contribution in [0.4, 0.5) is 0 Å². The summed E-state index contributed by atoms with van der Waals surface area (Å²) in [6, 6.07) is 4.62. The van der Waals surface area contributed by atoms with Gasteiger partial charge in [0, 0.05) is 18.5 Å². The molecule has 1 aromatic heterocycles. The van der Waals surface area contributed by atoms with Crippen LogP contribution < -0.4 is 5.56 Å². The quantitative estimate of drug-likeness (QED) is 0.791. The van der Waals surface area contributed by atoms with Crippen LogP contribution in [0.2, 0.25) is 0 Å². The van der Waals surface area contributed by atoms with E-state index in [1.807, 2.05) is 0 Å². The molecule has 1 fully saturated rings. The largest absolute Gasteiger partial charge is 0.476 e. The summed E-state index contributed by atoms with van der Waals surface area (Å²) >= 11 is 0. The van der Waals surface area contributed by atoms with Crippen LogP contribution in [0.15, 0.2) is 29.1 Å². The van der Waals surface area contributed by atoms with Crippen molar-refractivity contribution in [1.82, 2.24) is 14.7 Å². The summed E-state index contributed by atoms with van der Waals surface area (Å²) in [6.45, 7) is 1.44. The van der Waals surface area contributed by atoms with Gasteiger partial charge >= 0.3 is 5.97 Å². The van der Waals surface area contributed by atoms with E-state index in [4.69, 9.17) is 0 Å². The van der Waals surface area contributed by atoms with Gasteiger partial charge in [-0.15, -0.1) is 0 Å². The van der Waals surface area contributed by atoms with E-state index in [-0.39, 0.29) is 28.0 Å². The van der Waals surface area contributed by atoms with Gasteiger partial charge in [0.05, 0.1) is 16.9 Å². The van der Waals surface area contributed by atoms with Crippen molar-refractivity contribution in [3.63, 3.8) is 0 Å². The van der Waals surface area contributed by atoms with Gasteiger partial charge in [0.15, 0.2) is 15.5 Å². The highest BCUT2D eigenvalue weighted by atomic mass is 32.2. The van der Waals surface area contributed by atoms with E-state index < -0.39 is 39.4 Å². The molecular formula is C17H19N3O6S. The lowest BCUT2D eigenvalue weighted by molar-refractivity contribution is -0.135. The maximum absolute atomic E-state index is 12.8. The lowest BCUT2D eigenvalue weighted by Crippen LogP contribution is -2.44. The van der Waals surface area contributed by atoms with Crippen molar-refractivity contribution in [2.24, 2.45) is 0 Å². The van der Waals surface area contributed by atoms with Crippen molar-refractivity contribution in [3.8, 4) is 0 Å². The Kier molecular flexibility index (Phi) is 4.77. The number of carbonyl (C=O) groups is 2. The molecule has 0 radical (unpaired) electrons. The normalized spacial score (nSPS) is 19.7. The highest BCUT2D eigenvalue weighted by Gasteiger charge is 2.35. The molecule has 144 valence electrons. The van der Waals surface area contributed by atoms with Crippen LogP contribution in [0.25, 0.3) is 10.8 Å². The lowest BCUT2D eigenvalue weighted by atomic mass is 10.1. The van der Waals surface area contributed by atoms with Gasteiger partial charge in [-0.1, -0.05) is 18.2 Å². The van der Waals surface area contributed by atoms with E-state index in [1.165, 1.54) is 31.0 Å². The number of carboxylic acids is 1. The van der Waals surface area contributed by atoms with Gasteiger partial charge in [-0.05, 0) is 19.4 Å². The van der Waals surface area contributed by atoms with Crippen LogP contribution in [-0.2, 0) is 14.6 Å². The number of likely N-dealkylation sites (N-methyl/N-ethyl adjacent to an activating group) is 1. The number of aromatic nitrogens is 2. The Bertz CT molecular complexity index is 1090. The Labute approximate surface area is 155 Å². The fourth-order valence-corrected chi connectivity index (χ4v) is 5.06. The molecule has 1 amide bonds. The molecule has 0 bridgehead atoms. The maximum atomic E-state index is 12.8. The number of carboxylic acid groups (broad SMARTS) is 1. The van der Waals surface area contributed by atoms with Crippen LogP contribution >= 0.6 is 0 Å². The second-order valence-corrected chi connectivity index (χ2v) is 8.86. The Balaban J connectivity index is 2.01. The van der Waals surface area contributed by atoms with E-state index >= 15 is 0 Å². The molecule has 1 aromatic carbocycles. The molecule has 9 nitrogen and oxygen atoms in total. The SMILES string of the molecule is CC(C(=O)N(C)C1CCS(=O)(=O)C1)n1nc(C(=O)O)c2ccccc2c1=O. The van der Waals surface area contributed by atoms with Crippen molar-refractivity contribution < 1.29 is 23.1 Å². The van der Waals surface area contributed by atoms with Gasteiger partial charge in [0.25, 0.3) is 5.56 Å².